The van der Waals surface area contributed by atoms with Crippen LogP contribution in [0, 0.1) is 0 Å². The van der Waals surface area contributed by atoms with Crippen LogP contribution in [0.1, 0.15) is 11.7 Å². The van der Waals surface area contributed by atoms with E-state index < -0.39 is 0 Å². The van der Waals surface area contributed by atoms with E-state index >= 15 is 0 Å². The molecule has 4 nitrogen and oxygen atoms in total. The first-order chi connectivity index (χ1) is 11.8. The largest absolute Gasteiger partial charge is 0.508 e. The Balaban J connectivity index is 1.86. The Morgan fingerprint density at radius 2 is 1.62 bits per heavy atom. The molecule has 2 heterocycles. The minimum atomic E-state index is -0.205. The molecule has 1 aromatic heterocycles. The molecule has 0 bridgehead atoms. The summed E-state index contributed by atoms with van der Waals surface area (Å²) in [6, 6.07) is 23.7. The van der Waals surface area contributed by atoms with Gasteiger partial charge in [-0.05, 0) is 30.3 Å². The normalized spacial score (nSPS) is 15.6. The smallest absolute Gasteiger partial charge is 0.145 e. The molecule has 1 atom stereocenters. The van der Waals surface area contributed by atoms with Crippen molar-refractivity contribution in [3.63, 3.8) is 0 Å². The number of fused-ring (bicyclic) bond motifs is 5. The second-order valence-electron chi connectivity index (χ2n) is 5.95. The van der Waals surface area contributed by atoms with E-state index in [-0.39, 0.29) is 11.9 Å². The van der Waals surface area contributed by atoms with Crippen molar-refractivity contribution < 1.29 is 5.11 Å². The summed E-state index contributed by atoms with van der Waals surface area (Å²) in [5.74, 6) is 1.19. The predicted octanol–water partition coefficient (Wildman–Crippen LogP) is 4.38. The molecule has 24 heavy (non-hydrogen) atoms. The highest BCUT2D eigenvalue weighted by Gasteiger charge is 2.29. The number of nitrogens with zero attached hydrogens (tertiary/aromatic N) is 2. The van der Waals surface area contributed by atoms with Crippen LogP contribution < -0.4 is 5.32 Å². The van der Waals surface area contributed by atoms with Crippen molar-refractivity contribution in [1.82, 2.24) is 9.55 Å². The number of hydrogen-bond acceptors (Lipinski definition) is 3. The van der Waals surface area contributed by atoms with Crippen molar-refractivity contribution in [3.8, 4) is 17.1 Å². The maximum absolute atomic E-state index is 10.4. The topological polar surface area (TPSA) is 50.1 Å². The molecule has 0 aliphatic carbocycles. The third-order valence-corrected chi connectivity index (χ3v) is 4.55. The van der Waals surface area contributed by atoms with Gasteiger partial charge in [0.2, 0.25) is 0 Å². The van der Waals surface area contributed by atoms with Crippen LogP contribution in [0.4, 0.5) is 5.69 Å². The average molecular weight is 313 g/mol. The minimum Gasteiger partial charge on any atom is -0.508 e. The van der Waals surface area contributed by atoms with Gasteiger partial charge in [0.05, 0.1) is 11.0 Å². The van der Waals surface area contributed by atoms with E-state index in [1.165, 1.54) is 0 Å². The lowest BCUT2D eigenvalue weighted by Crippen LogP contribution is -2.24. The molecule has 0 saturated carbocycles. The average Bonchev–Trinajstić information content (AvgIpc) is 3.01. The van der Waals surface area contributed by atoms with Crippen LogP contribution >= 0.6 is 0 Å². The first kappa shape index (κ1) is 13.2. The number of hydrogen-bond donors (Lipinski definition) is 2. The van der Waals surface area contributed by atoms with Gasteiger partial charge in [-0.15, -0.1) is 0 Å². The second-order valence-corrected chi connectivity index (χ2v) is 5.95. The van der Waals surface area contributed by atoms with Crippen LogP contribution in [0.15, 0.2) is 72.8 Å². The van der Waals surface area contributed by atoms with Gasteiger partial charge in [-0.2, -0.15) is 0 Å². The van der Waals surface area contributed by atoms with E-state index in [9.17, 15) is 5.11 Å². The summed E-state index contributed by atoms with van der Waals surface area (Å²) in [6.45, 7) is 0. The number of para-hydroxylation sites is 4. The fourth-order valence-electron chi connectivity index (χ4n) is 3.45. The molecule has 5 rings (SSSR count). The zero-order chi connectivity index (χ0) is 16.1. The van der Waals surface area contributed by atoms with E-state index in [0.717, 1.165) is 33.7 Å². The van der Waals surface area contributed by atoms with Crippen LogP contribution in [0.2, 0.25) is 0 Å². The minimum absolute atomic E-state index is 0.205. The van der Waals surface area contributed by atoms with Crippen LogP contribution in [0.3, 0.4) is 0 Å². The van der Waals surface area contributed by atoms with Crippen molar-refractivity contribution in [2.24, 2.45) is 0 Å². The zero-order valence-electron chi connectivity index (χ0n) is 12.8. The van der Waals surface area contributed by atoms with Crippen LogP contribution in [-0.4, -0.2) is 14.7 Å². The Bertz CT molecular complexity index is 1070. The van der Waals surface area contributed by atoms with E-state index in [1.54, 1.807) is 6.07 Å². The maximum atomic E-state index is 10.4. The molecule has 4 aromatic rings. The summed E-state index contributed by atoms with van der Waals surface area (Å²) in [5, 5.41) is 13.9. The number of phenolic OH excluding ortho intramolecular Hbond substituents is 1. The van der Waals surface area contributed by atoms with Gasteiger partial charge in [-0.3, -0.25) is 4.57 Å². The number of benzene rings is 3. The summed E-state index contributed by atoms with van der Waals surface area (Å²) < 4.78 is 2.16. The molecule has 4 heteroatoms. The Hall–Kier alpha value is -3.27. The van der Waals surface area contributed by atoms with Gasteiger partial charge in [0.15, 0.2) is 0 Å². The summed E-state index contributed by atoms with van der Waals surface area (Å²) in [6.07, 6.45) is -0.205. The van der Waals surface area contributed by atoms with Crippen LogP contribution in [0.25, 0.3) is 22.4 Å². The van der Waals surface area contributed by atoms with Crippen molar-refractivity contribution in [2.75, 3.05) is 5.32 Å². The van der Waals surface area contributed by atoms with E-state index in [0.29, 0.717) is 0 Å². The van der Waals surface area contributed by atoms with Gasteiger partial charge in [0, 0.05) is 16.8 Å². The summed E-state index contributed by atoms with van der Waals surface area (Å²) in [5.41, 5.74) is 4.92. The Morgan fingerprint density at radius 3 is 2.54 bits per heavy atom. The number of aromatic hydroxyl groups is 1. The predicted molar refractivity (Wildman–Crippen MR) is 95.0 cm³/mol. The molecule has 1 unspecified atom stereocenters. The van der Waals surface area contributed by atoms with Crippen molar-refractivity contribution >= 4 is 16.7 Å². The summed E-state index contributed by atoms with van der Waals surface area (Å²) >= 11 is 0. The molecule has 1 aliphatic rings. The molecule has 2 N–H and O–H groups in total. The standard InChI is InChI=1S/C20H15N3O/c24-18-12-6-2-8-14(18)20-21-15-9-3-1-7-13(15)19-22-16-10-4-5-11-17(16)23(19)20/h1-12,20-21,24H. The number of rotatable bonds is 1. The van der Waals surface area contributed by atoms with Crippen LogP contribution in [0.5, 0.6) is 5.75 Å². The zero-order valence-corrected chi connectivity index (χ0v) is 12.8. The highest BCUT2D eigenvalue weighted by atomic mass is 16.3. The molecule has 3 aromatic carbocycles. The molecule has 116 valence electrons. The van der Waals surface area contributed by atoms with E-state index in [2.05, 4.69) is 22.0 Å². The molecular weight excluding hydrogens is 298 g/mol. The lowest BCUT2D eigenvalue weighted by molar-refractivity contribution is 0.459. The maximum Gasteiger partial charge on any atom is 0.145 e. The van der Waals surface area contributed by atoms with Crippen molar-refractivity contribution in [2.45, 2.75) is 6.17 Å². The highest BCUT2D eigenvalue weighted by Crippen LogP contribution is 2.41. The van der Waals surface area contributed by atoms with Gasteiger partial charge in [0.25, 0.3) is 0 Å². The van der Waals surface area contributed by atoms with Gasteiger partial charge >= 0.3 is 0 Å². The van der Waals surface area contributed by atoms with Gasteiger partial charge in [0.1, 0.15) is 17.7 Å². The highest BCUT2D eigenvalue weighted by molar-refractivity contribution is 5.86. The SMILES string of the molecule is Oc1ccccc1C1Nc2ccccc2-c2nc3ccccc3n21. The van der Waals surface area contributed by atoms with E-state index in [1.807, 2.05) is 54.6 Å². The van der Waals surface area contributed by atoms with Gasteiger partial charge in [-0.25, -0.2) is 4.98 Å². The lowest BCUT2D eigenvalue weighted by Gasteiger charge is -2.30. The van der Waals surface area contributed by atoms with Gasteiger partial charge < -0.3 is 10.4 Å². The fraction of sp³-hybridized carbons (Fsp3) is 0.0500. The Labute approximate surface area is 139 Å². The van der Waals surface area contributed by atoms with Crippen LogP contribution in [-0.2, 0) is 0 Å². The first-order valence-corrected chi connectivity index (χ1v) is 7.94. The number of imidazole rings is 1. The first-order valence-electron chi connectivity index (χ1n) is 7.94. The lowest BCUT2D eigenvalue weighted by atomic mass is 10.0. The third kappa shape index (κ3) is 1.77. The monoisotopic (exact) mass is 313 g/mol. The van der Waals surface area contributed by atoms with Crippen molar-refractivity contribution in [1.29, 1.82) is 0 Å². The van der Waals surface area contributed by atoms with Gasteiger partial charge in [-0.1, -0.05) is 42.5 Å². The molecular formula is C20H15N3O. The molecule has 0 radical (unpaired) electrons. The second kappa shape index (κ2) is 4.86. The Morgan fingerprint density at radius 1 is 0.875 bits per heavy atom. The molecule has 1 aliphatic heterocycles. The molecule has 0 fully saturated rings. The summed E-state index contributed by atoms with van der Waals surface area (Å²) in [7, 11) is 0. The number of anilines is 1. The molecule has 0 amide bonds. The van der Waals surface area contributed by atoms with Crippen molar-refractivity contribution in [3.05, 3.63) is 78.4 Å². The molecule has 0 spiro atoms. The quantitative estimate of drug-likeness (QED) is 0.548. The summed E-state index contributed by atoms with van der Waals surface area (Å²) in [4.78, 5) is 4.84. The number of aromatic nitrogens is 2. The fourth-order valence-corrected chi connectivity index (χ4v) is 3.45. The molecule has 0 saturated heterocycles. The third-order valence-electron chi connectivity index (χ3n) is 4.55. The number of nitrogens with one attached hydrogen (secondary N) is 1. The number of phenols is 1. The Kier molecular flexibility index (Phi) is 2.67. The van der Waals surface area contributed by atoms with E-state index in [4.69, 9.17) is 4.98 Å².